The molecule has 1 aliphatic heterocycles. The van der Waals surface area contributed by atoms with Gasteiger partial charge in [0.25, 0.3) is 5.91 Å². The van der Waals surface area contributed by atoms with E-state index in [1.165, 1.54) is 16.9 Å². The minimum atomic E-state index is 0.0121. The number of thiophene rings is 1. The fraction of sp³-hybridized carbons (Fsp3) is 0.389. The minimum Gasteiger partial charge on any atom is -0.486 e. The second kappa shape index (κ2) is 6.65. The summed E-state index contributed by atoms with van der Waals surface area (Å²) in [5.41, 5.74) is 2.38. The average Bonchev–Trinajstić information content (AvgIpc) is 3.16. The van der Waals surface area contributed by atoms with Crippen molar-refractivity contribution in [3.8, 4) is 11.5 Å². The molecule has 1 N–H and O–H groups in total. The van der Waals surface area contributed by atoms with E-state index in [4.69, 9.17) is 21.1 Å². The summed E-state index contributed by atoms with van der Waals surface area (Å²) in [6.07, 6.45) is 4.14. The molecule has 0 spiro atoms. The first-order chi connectivity index (χ1) is 11.7. The Labute approximate surface area is 149 Å². The predicted octanol–water partition coefficient (Wildman–Crippen LogP) is 3.63. The van der Waals surface area contributed by atoms with Gasteiger partial charge in [0.1, 0.15) is 13.2 Å². The van der Waals surface area contributed by atoms with Crippen molar-refractivity contribution in [2.45, 2.75) is 25.7 Å². The Kier molecular flexibility index (Phi) is 4.37. The quantitative estimate of drug-likeness (QED) is 0.902. The van der Waals surface area contributed by atoms with E-state index in [-0.39, 0.29) is 5.91 Å². The van der Waals surface area contributed by atoms with Gasteiger partial charge in [-0.15, -0.1) is 11.3 Å². The summed E-state index contributed by atoms with van der Waals surface area (Å²) < 4.78 is 11.1. The first kappa shape index (κ1) is 15.8. The van der Waals surface area contributed by atoms with Crippen LogP contribution in [0.15, 0.2) is 18.2 Å². The summed E-state index contributed by atoms with van der Waals surface area (Å²) in [6, 6.07) is 5.86. The third-order valence-corrected chi connectivity index (χ3v) is 5.84. The van der Waals surface area contributed by atoms with Crippen molar-refractivity contribution >= 4 is 28.8 Å². The van der Waals surface area contributed by atoms with Gasteiger partial charge in [0.05, 0.1) is 9.90 Å². The maximum absolute atomic E-state index is 12.3. The Hall–Kier alpha value is -1.72. The molecule has 1 aliphatic carbocycles. The lowest BCUT2D eigenvalue weighted by Crippen LogP contribution is -2.25. The molecule has 0 atom stereocenters. The molecule has 126 valence electrons. The van der Waals surface area contributed by atoms with Crippen molar-refractivity contribution in [3.63, 3.8) is 0 Å². The van der Waals surface area contributed by atoms with E-state index >= 15 is 0 Å². The first-order valence-electron chi connectivity index (χ1n) is 8.18. The molecule has 1 amide bonds. The Morgan fingerprint density at radius 3 is 2.96 bits per heavy atom. The van der Waals surface area contributed by atoms with Gasteiger partial charge >= 0.3 is 0 Å². The molecule has 1 aromatic carbocycles. The van der Waals surface area contributed by atoms with E-state index in [2.05, 4.69) is 5.32 Å². The number of hydrogen-bond donors (Lipinski definition) is 1. The molecule has 0 fully saturated rings. The smallest absolute Gasteiger partial charge is 0.261 e. The zero-order valence-corrected chi connectivity index (χ0v) is 14.8. The van der Waals surface area contributed by atoms with Crippen LogP contribution in [0.3, 0.4) is 0 Å². The molecule has 0 radical (unpaired) electrons. The monoisotopic (exact) mass is 363 g/mol. The van der Waals surface area contributed by atoms with Crippen LogP contribution in [-0.2, 0) is 19.3 Å². The summed E-state index contributed by atoms with van der Waals surface area (Å²) >= 11 is 7.86. The molecule has 0 bridgehead atoms. The van der Waals surface area contributed by atoms with Gasteiger partial charge in [0.2, 0.25) is 0 Å². The van der Waals surface area contributed by atoms with E-state index in [9.17, 15) is 4.79 Å². The zero-order chi connectivity index (χ0) is 16.5. The zero-order valence-electron chi connectivity index (χ0n) is 13.2. The lowest BCUT2D eigenvalue weighted by Gasteiger charge is -2.20. The van der Waals surface area contributed by atoms with Gasteiger partial charge in [-0.3, -0.25) is 4.79 Å². The highest BCUT2D eigenvalue weighted by atomic mass is 35.5. The topological polar surface area (TPSA) is 47.6 Å². The Bertz CT molecular complexity index is 765. The molecule has 2 aromatic rings. The van der Waals surface area contributed by atoms with Gasteiger partial charge < -0.3 is 14.8 Å². The second-order valence-electron chi connectivity index (χ2n) is 6.02. The van der Waals surface area contributed by atoms with Gasteiger partial charge in [-0.2, -0.15) is 0 Å². The molecule has 2 aliphatic rings. The number of ether oxygens (including phenoxy) is 2. The van der Waals surface area contributed by atoms with Gasteiger partial charge in [-0.1, -0.05) is 11.6 Å². The van der Waals surface area contributed by atoms with Gasteiger partial charge in [-0.25, -0.2) is 0 Å². The molecule has 4 nitrogen and oxygen atoms in total. The fourth-order valence-electron chi connectivity index (χ4n) is 3.16. The van der Waals surface area contributed by atoms with Crippen LogP contribution in [0.25, 0.3) is 0 Å². The Morgan fingerprint density at radius 2 is 2.08 bits per heavy atom. The molecule has 24 heavy (non-hydrogen) atoms. The summed E-state index contributed by atoms with van der Waals surface area (Å²) in [6.45, 7) is 1.62. The molecule has 0 saturated heterocycles. The number of aryl methyl sites for hydroxylation is 2. The summed E-state index contributed by atoms with van der Waals surface area (Å²) in [5.74, 6) is 1.31. The van der Waals surface area contributed by atoms with Crippen LogP contribution in [0, 0.1) is 0 Å². The number of rotatable bonds is 4. The van der Waals surface area contributed by atoms with E-state index in [1.807, 2.05) is 18.2 Å². The predicted molar refractivity (Wildman–Crippen MR) is 94.8 cm³/mol. The van der Waals surface area contributed by atoms with Crippen LogP contribution >= 0.6 is 22.9 Å². The Morgan fingerprint density at radius 1 is 1.21 bits per heavy atom. The Balaban J connectivity index is 1.36. The molecule has 4 rings (SSSR count). The van der Waals surface area contributed by atoms with Crippen molar-refractivity contribution < 1.29 is 14.3 Å². The normalized spacial score (nSPS) is 15.2. The highest BCUT2D eigenvalue weighted by Crippen LogP contribution is 2.38. The van der Waals surface area contributed by atoms with Crippen LogP contribution < -0.4 is 14.8 Å². The van der Waals surface area contributed by atoms with Crippen molar-refractivity contribution in [2.24, 2.45) is 0 Å². The first-order valence-corrected chi connectivity index (χ1v) is 9.38. The van der Waals surface area contributed by atoms with E-state index in [1.54, 1.807) is 11.3 Å². The number of carbonyl (C=O) groups excluding carboxylic acids is 1. The average molecular weight is 364 g/mol. The van der Waals surface area contributed by atoms with Gasteiger partial charge in [-0.05, 0) is 55.0 Å². The number of amides is 1. The van der Waals surface area contributed by atoms with E-state index in [0.717, 1.165) is 23.3 Å². The highest BCUT2D eigenvalue weighted by molar-refractivity contribution is 7.14. The standard InChI is InChI=1S/C18H18ClNO3S/c19-13-8-11(9-14-17(13)23-7-6-22-14)4-5-20-18(21)16-10-12-2-1-3-15(12)24-16/h8-10H,1-7H2,(H,20,21). The molecular weight excluding hydrogens is 346 g/mol. The molecule has 0 saturated carbocycles. The van der Waals surface area contributed by atoms with Crippen LogP contribution in [0.5, 0.6) is 11.5 Å². The number of nitrogens with one attached hydrogen (secondary N) is 1. The summed E-state index contributed by atoms with van der Waals surface area (Å²) in [7, 11) is 0. The third-order valence-electron chi connectivity index (χ3n) is 4.33. The summed E-state index contributed by atoms with van der Waals surface area (Å²) in [4.78, 5) is 14.5. The van der Waals surface area contributed by atoms with Crippen molar-refractivity contribution in [2.75, 3.05) is 19.8 Å². The van der Waals surface area contributed by atoms with Crippen molar-refractivity contribution in [3.05, 3.63) is 44.1 Å². The highest BCUT2D eigenvalue weighted by Gasteiger charge is 2.19. The third kappa shape index (κ3) is 3.10. The second-order valence-corrected chi connectivity index (χ2v) is 7.56. The van der Waals surface area contributed by atoms with Gasteiger partial charge in [0.15, 0.2) is 11.5 Å². The maximum atomic E-state index is 12.3. The number of fused-ring (bicyclic) bond motifs is 2. The lowest BCUT2D eigenvalue weighted by atomic mass is 10.1. The molecule has 2 heterocycles. The SMILES string of the molecule is O=C(NCCc1cc(Cl)c2c(c1)OCCO2)c1cc2c(s1)CCC2. The van der Waals surface area contributed by atoms with Crippen LogP contribution in [-0.4, -0.2) is 25.7 Å². The number of benzene rings is 1. The number of halogens is 1. The molecular formula is C18H18ClNO3S. The van der Waals surface area contributed by atoms with Crippen LogP contribution in [0.2, 0.25) is 5.02 Å². The van der Waals surface area contributed by atoms with Crippen molar-refractivity contribution in [1.82, 2.24) is 5.32 Å². The minimum absolute atomic E-state index is 0.0121. The van der Waals surface area contributed by atoms with E-state index in [0.29, 0.717) is 42.7 Å². The summed E-state index contributed by atoms with van der Waals surface area (Å²) in [5, 5.41) is 3.55. The lowest BCUT2D eigenvalue weighted by molar-refractivity contribution is 0.0958. The van der Waals surface area contributed by atoms with Crippen LogP contribution in [0.1, 0.15) is 32.1 Å². The molecule has 1 aromatic heterocycles. The van der Waals surface area contributed by atoms with E-state index < -0.39 is 0 Å². The number of carbonyl (C=O) groups is 1. The molecule has 6 heteroatoms. The van der Waals surface area contributed by atoms with Crippen molar-refractivity contribution in [1.29, 1.82) is 0 Å². The van der Waals surface area contributed by atoms with Gasteiger partial charge in [0, 0.05) is 11.4 Å². The largest absolute Gasteiger partial charge is 0.486 e. The molecule has 0 unspecified atom stereocenters. The maximum Gasteiger partial charge on any atom is 0.261 e. The van der Waals surface area contributed by atoms with Crippen LogP contribution in [0.4, 0.5) is 0 Å². The number of hydrogen-bond acceptors (Lipinski definition) is 4. The fourth-order valence-corrected chi connectivity index (χ4v) is 4.61.